The highest BCUT2D eigenvalue weighted by Gasteiger charge is 2.18. The third-order valence-corrected chi connectivity index (χ3v) is 4.58. The van der Waals surface area contributed by atoms with Gasteiger partial charge in [-0.2, -0.15) is 0 Å². The Kier molecular flexibility index (Phi) is 4.51. The van der Waals surface area contributed by atoms with Crippen molar-refractivity contribution >= 4 is 48.8 Å². The molecule has 0 unspecified atom stereocenters. The Morgan fingerprint density at radius 1 is 1.47 bits per heavy atom. The van der Waals surface area contributed by atoms with E-state index in [0.29, 0.717) is 11.3 Å². The summed E-state index contributed by atoms with van der Waals surface area (Å²) in [6, 6.07) is 5.06. The van der Waals surface area contributed by atoms with Crippen LogP contribution in [0, 0.1) is 0 Å². The van der Waals surface area contributed by atoms with E-state index in [-0.39, 0.29) is 4.99 Å². The average molecular weight is 337 g/mol. The minimum absolute atomic E-state index is 0.152. The van der Waals surface area contributed by atoms with Gasteiger partial charge in [0.15, 0.2) is 0 Å². The summed E-state index contributed by atoms with van der Waals surface area (Å²) >= 11 is 8.15. The van der Waals surface area contributed by atoms with E-state index < -0.39 is 15.3 Å². The van der Waals surface area contributed by atoms with E-state index in [9.17, 15) is 8.42 Å². The molecule has 0 bridgehead atoms. The molecular formula is C10H13BrN2O2S2. The number of nitrogens with one attached hydrogen (secondary N) is 1. The number of thiocarbonyl (C=S) groups is 1. The molecule has 0 amide bonds. The minimum atomic E-state index is -3.41. The molecule has 0 radical (unpaired) electrons. The van der Waals surface area contributed by atoms with Crippen molar-refractivity contribution in [1.82, 2.24) is 0 Å². The van der Waals surface area contributed by atoms with Crippen molar-refractivity contribution < 1.29 is 8.42 Å². The summed E-state index contributed by atoms with van der Waals surface area (Å²) in [5.41, 5.74) is 6.44. The van der Waals surface area contributed by atoms with Gasteiger partial charge in [0.2, 0.25) is 10.0 Å². The molecule has 0 spiro atoms. The number of nitrogens with two attached hydrogens (primary N) is 1. The van der Waals surface area contributed by atoms with Crippen LogP contribution in [-0.4, -0.2) is 18.7 Å². The molecule has 0 heterocycles. The third kappa shape index (κ3) is 3.65. The molecule has 17 heavy (non-hydrogen) atoms. The number of hydrogen-bond acceptors (Lipinski definition) is 3. The quantitative estimate of drug-likeness (QED) is 0.827. The smallest absolute Gasteiger partial charge is 0.235 e. The van der Waals surface area contributed by atoms with Crippen LogP contribution in [0.4, 0.5) is 5.69 Å². The van der Waals surface area contributed by atoms with Crippen molar-refractivity contribution in [2.75, 3.05) is 4.72 Å². The molecule has 0 aliphatic rings. The lowest BCUT2D eigenvalue weighted by molar-refractivity contribution is 0.593. The number of anilines is 1. The second kappa shape index (κ2) is 5.32. The zero-order chi connectivity index (χ0) is 13.2. The number of rotatable bonds is 4. The molecule has 1 aromatic rings. The van der Waals surface area contributed by atoms with Gasteiger partial charge in [0, 0.05) is 10.0 Å². The van der Waals surface area contributed by atoms with E-state index in [4.69, 9.17) is 18.0 Å². The highest BCUT2D eigenvalue weighted by Crippen LogP contribution is 2.23. The summed E-state index contributed by atoms with van der Waals surface area (Å²) in [7, 11) is -3.41. The Hall–Kier alpha value is -0.660. The van der Waals surface area contributed by atoms with Gasteiger partial charge < -0.3 is 5.73 Å². The molecule has 4 nitrogen and oxygen atoms in total. The monoisotopic (exact) mass is 336 g/mol. The van der Waals surface area contributed by atoms with Gasteiger partial charge in [-0.25, -0.2) is 8.42 Å². The predicted molar refractivity (Wildman–Crippen MR) is 77.7 cm³/mol. The Balaban J connectivity index is 3.22. The third-order valence-electron chi connectivity index (χ3n) is 2.12. The summed E-state index contributed by atoms with van der Waals surface area (Å²) in [5.74, 6) is 0. The van der Waals surface area contributed by atoms with Crippen molar-refractivity contribution in [2.45, 2.75) is 19.1 Å². The number of benzene rings is 1. The Labute approximate surface area is 115 Å². The second-order valence-corrected chi connectivity index (χ2v) is 7.34. The summed E-state index contributed by atoms with van der Waals surface area (Å²) in [6.45, 7) is 3.20. The first-order valence-electron chi connectivity index (χ1n) is 4.85. The van der Waals surface area contributed by atoms with Gasteiger partial charge in [-0.1, -0.05) is 28.1 Å². The topological polar surface area (TPSA) is 72.2 Å². The largest absolute Gasteiger partial charge is 0.389 e. The predicted octanol–water partition coefficient (Wildman–Crippen LogP) is 2.23. The lowest BCUT2D eigenvalue weighted by Gasteiger charge is -2.14. The SMILES string of the molecule is CC(C)S(=O)(=O)Nc1cc(Br)ccc1C(N)=S. The summed E-state index contributed by atoms with van der Waals surface area (Å²) in [4.78, 5) is 0.152. The Morgan fingerprint density at radius 2 is 2.06 bits per heavy atom. The lowest BCUT2D eigenvalue weighted by Crippen LogP contribution is -2.24. The van der Waals surface area contributed by atoms with Crippen LogP contribution in [0.25, 0.3) is 0 Å². The van der Waals surface area contributed by atoms with Crippen LogP contribution >= 0.6 is 28.1 Å². The standard InChI is InChI=1S/C10H13BrN2O2S2/c1-6(2)17(14,15)13-9-5-7(11)3-4-8(9)10(12)16/h3-6,13H,1-2H3,(H2,12,16). The summed E-state index contributed by atoms with van der Waals surface area (Å²) in [5, 5.41) is -0.527. The van der Waals surface area contributed by atoms with Crippen LogP contribution in [0.2, 0.25) is 0 Å². The number of hydrogen-bond donors (Lipinski definition) is 2. The molecule has 0 atom stereocenters. The van der Waals surface area contributed by atoms with Crippen LogP contribution in [0.1, 0.15) is 19.4 Å². The van der Waals surface area contributed by atoms with Crippen LogP contribution in [-0.2, 0) is 10.0 Å². The summed E-state index contributed by atoms with van der Waals surface area (Å²) in [6.07, 6.45) is 0. The first-order chi connectivity index (χ1) is 7.74. The fourth-order valence-corrected chi connectivity index (χ4v) is 2.34. The highest BCUT2D eigenvalue weighted by atomic mass is 79.9. The zero-order valence-corrected chi connectivity index (χ0v) is 12.6. The van der Waals surface area contributed by atoms with Crippen LogP contribution in [0.3, 0.4) is 0 Å². The van der Waals surface area contributed by atoms with Crippen LogP contribution in [0.15, 0.2) is 22.7 Å². The first kappa shape index (κ1) is 14.4. The molecule has 1 rings (SSSR count). The molecule has 0 fully saturated rings. The zero-order valence-electron chi connectivity index (χ0n) is 9.40. The fourth-order valence-electron chi connectivity index (χ4n) is 1.09. The summed E-state index contributed by atoms with van der Waals surface area (Å²) < 4.78 is 26.8. The maximum atomic E-state index is 11.8. The fraction of sp³-hybridized carbons (Fsp3) is 0.300. The van der Waals surface area contributed by atoms with Crippen molar-refractivity contribution in [3.8, 4) is 0 Å². The van der Waals surface area contributed by atoms with E-state index >= 15 is 0 Å². The van der Waals surface area contributed by atoms with Gasteiger partial charge in [0.25, 0.3) is 0 Å². The average Bonchev–Trinajstić information content (AvgIpc) is 2.15. The van der Waals surface area contributed by atoms with E-state index in [1.54, 1.807) is 32.0 Å². The van der Waals surface area contributed by atoms with Gasteiger partial charge in [0.05, 0.1) is 10.9 Å². The molecule has 0 aliphatic carbocycles. The van der Waals surface area contributed by atoms with E-state index in [1.165, 1.54) is 0 Å². The Bertz CT molecular complexity index is 541. The molecular weight excluding hydrogens is 324 g/mol. The molecule has 1 aromatic carbocycles. The van der Waals surface area contributed by atoms with Crippen molar-refractivity contribution in [3.05, 3.63) is 28.2 Å². The Morgan fingerprint density at radius 3 is 2.53 bits per heavy atom. The maximum absolute atomic E-state index is 11.8. The van der Waals surface area contributed by atoms with Crippen molar-refractivity contribution in [2.24, 2.45) is 5.73 Å². The maximum Gasteiger partial charge on any atom is 0.235 e. The molecule has 0 aromatic heterocycles. The van der Waals surface area contributed by atoms with E-state index in [0.717, 1.165) is 4.47 Å². The van der Waals surface area contributed by atoms with Crippen molar-refractivity contribution in [1.29, 1.82) is 0 Å². The van der Waals surface area contributed by atoms with Gasteiger partial charge in [-0.3, -0.25) is 4.72 Å². The number of halogens is 1. The molecule has 0 saturated heterocycles. The van der Waals surface area contributed by atoms with E-state index in [2.05, 4.69) is 20.7 Å². The van der Waals surface area contributed by atoms with Crippen LogP contribution in [0.5, 0.6) is 0 Å². The molecule has 0 saturated carbocycles. The molecule has 94 valence electrons. The van der Waals surface area contributed by atoms with Crippen LogP contribution < -0.4 is 10.5 Å². The van der Waals surface area contributed by atoms with Gasteiger partial charge in [-0.05, 0) is 32.0 Å². The number of sulfonamides is 1. The van der Waals surface area contributed by atoms with E-state index in [1.807, 2.05) is 0 Å². The van der Waals surface area contributed by atoms with Gasteiger partial charge >= 0.3 is 0 Å². The van der Waals surface area contributed by atoms with Crippen molar-refractivity contribution in [3.63, 3.8) is 0 Å². The molecule has 0 aliphatic heterocycles. The first-order valence-corrected chi connectivity index (χ1v) is 7.60. The lowest BCUT2D eigenvalue weighted by atomic mass is 10.2. The second-order valence-electron chi connectivity index (χ2n) is 3.75. The molecule has 7 heteroatoms. The minimum Gasteiger partial charge on any atom is -0.389 e. The molecule has 3 N–H and O–H groups in total. The van der Waals surface area contributed by atoms with Gasteiger partial charge in [0.1, 0.15) is 4.99 Å². The highest BCUT2D eigenvalue weighted by molar-refractivity contribution is 9.10. The van der Waals surface area contributed by atoms with Gasteiger partial charge in [-0.15, -0.1) is 0 Å². The normalized spacial score (nSPS) is 11.5.